The van der Waals surface area contributed by atoms with Crippen molar-refractivity contribution in [2.24, 2.45) is 0 Å². The monoisotopic (exact) mass is 311 g/mol. The minimum atomic E-state index is -0.223. The third-order valence-corrected chi connectivity index (χ3v) is 4.39. The van der Waals surface area contributed by atoms with Gasteiger partial charge in [-0.3, -0.25) is 9.59 Å². The van der Waals surface area contributed by atoms with Gasteiger partial charge >= 0.3 is 0 Å². The molecular weight excluding hydrogens is 286 g/mol. The highest BCUT2D eigenvalue weighted by atomic mass is 16.1. The highest BCUT2D eigenvalue weighted by Gasteiger charge is 2.22. The molecule has 3 heteroatoms. The summed E-state index contributed by atoms with van der Waals surface area (Å²) in [6, 6.07) is 10.9. The number of hydrogen-bond acceptors (Lipinski definition) is 2. The Morgan fingerprint density at radius 2 is 1.78 bits per heavy atom. The van der Waals surface area contributed by atoms with Crippen molar-refractivity contribution in [3.63, 3.8) is 0 Å². The van der Waals surface area contributed by atoms with E-state index in [1.54, 1.807) is 0 Å². The molecule has 0 amide bonds. The van der Waals surface area contributed by atoms with E-state index < -0.39 is 0 Å². The topological polar surface area (TPSA) is 39.1 Å². The molecule has 1 atom stereocenters. The van der Waals surface area contributed by atoms with Crippen LogP contribution in [0.25, 0.3) is 0 Å². The van der Waals surface area contributed by atoms with Gasteiger partial charge in [-0.25, -0.2) is 0 Å². The van der Waals surface area contributed by atoms with Gasteiger partial charge in [-0.2, -0.15) is 0 Å². The van der Waals surface area contributed by atoms with E-state index in [0.29, 0.717) is 17.5 Å². The van der Waals surface area contributed by atoms with Gasteiger partial charge in [-0.1, -0.05) is 43.7 Å². The van der Waals surface area contributed by atoms with Gasteiger partial charge in [0.1, 0.15) is 0 Å². The first-order chi connectivity index (χ1) is 11.0. The van der Waals surface area contributed by atoms with Crippen LogP contribution in [0.4, 0.5) is 0 Å². The zero-order chi connectivity index (χ0) is 17.0. The van der Waals surface area contributed by atoms with Crippen LogP contribution in [-0.4, -0.2) is 16.1 Å². The number of ketones is 2. The minimum Gasteiger partial charge on any atom is -0.338 e. The van der Waals surface area contributed by atoms with Crippen molar-refractivity contribution in [3.8, 4) is 0 Å². The molecule has 0 spiro atoms. The van der Waals surface area contributed by atoms with Crippen LogP contribution in [-0.2, 0) is 4.79 Å². The zero-order valence-corrected chi connectivity index (χ0v) is 14.4. The van der Waals surface area contributed by atoms with Crippen molar-refractivity contribution in [1.29, 1.82) is 0 Å². The number of rotatable bonds is 7. The molecule has 0 saturated heterocycles. The molecule has 0 radical (unpaired) electrons. The third kappa shape index (κ3) is 3.61. The van der Waals surface area contributed by atoms with Crippen LogP contribution in [0.1, 0.15) is 66.5 Å². The number of aryl methyl sites for hydroxylation is 1. The van der Waals surface area contributed by atoms with Crippen LogP contribution in [0.2, 0.25) is 0 Å². The Kier molecular flexibility index (Phi) is 5.54. The number of benzene rings is 1. The Morgan fingerprint density at radius 1 is 1.13 bits per heavy atom. The number of unbranched alkanes of at least 4 members (excludes halogenated alkanes) is 1. The van der Waals surface area contributed by atoms with Gasteiger partial charge in [0.2, 0.25) is 0 Å². The molecule has 3 nitrogen and oxygen atoms in total. The first-order valence-electron chi connectivity index (χ1n) is 8.28. The lowest BCUT2D eigenvalue weighted by molar-refractivity contribution is -0.121. The lowest BCUT2D eigenvalue weighted by Gasteiger charge is -2.17. The van der Waals surface area contributed by atoms with Crippen LogP contribution in [0.15, 0.2) is 36.4 Å². The highest BCUT2D eigenvalue weighted by molar-refractivity contribution is 6.10. The number of nitrogens with zero attached hydrogens (tertiary/aromatic N) is 1. The quantitative estimate of drug-likeness (QED) is 0.698. The minimum absolute atomic E-state index is 0.0122. The van der Waals surface area contributed by atoms with Crippen LogP contribution in [0.5, 0.6) is 0 Å². The Hall–Kier alpha value is -2.16. The van der Waals surface area contributed by atoms with E-state index >= 15 is 0 Å². The van der Waals surface area contributed by atoms with Crippen molar-refractivity contribution in [2.45, 2.75) is 53.0 Å². The Balaban J connectivity index is 2.33. The van der Waals surface area contributed by atoms with Gasteiger partial charge in [0.05, 0.1) is 6.04 Å². The summed E-state index contributed by atoms with van der Waals surface area (Å²) in [5.41, 5.74) is 3.19. The highest BCUT2D eigenvalue weighted by Crippen LogP contribution is 2.24. The number of hydrogen-bond donors (Lipinski definition) is 0. The maximum atomic E-state index is 12.7. The summed E-state index contributed by atoms with van der Waals surface area (Å²) in [6.45, 7) is 7.89. The Morgan fingerprint density at radius 3 is 2.39 bits per heavy atom. The van der Waals surface area contributed by atoms with Crippen molar-refractivity contribution in [3.05, 3.63) is 58.9 Å². The maximum Gasteiger partial charge on any atom is 0.194 e. The second-order valence-electron chi connectivity index (χ2n) is 6.10. The van der Waals surface area contributed by atoms with Crippen LogP contribution < -0.4 is 0 Å². The maximum absolute atomic E-state index is 12.7. The molecule has 0 saturated carbocycles. The van der Waals surface area contributed by atoms with Crippen LogP contribution >= 0.6 is 0 Å². The normalized spacial score (nSPS) is 12.2. The SMILES string of the molecule is CCCCC(=O)C(C)n1c(C)cc(C(=O)c2ccccc2)c1C. The third-order valence-electron chi connectivity index (χ3n) is 4.39. The van der Waals surface area contributed by atoms with E-state index in [1.165, 1.54) is 0 Å². The van der Waals surface area contributed by atoms with Crippen molar-refractivity contribution in [2.75, 3.05) is 0 Å². The standard InChI is InChI=1S/C20H25NO2/c1-5-6-12-19(22)16(4)21-14(2)13-18(15(21)3)20(23)17-10-8-7-9-11-17/h7-11,13,16H,5-6,12H2,1-4H3. The molecule has 0 aliphatic carbocycles. The average molecular weight is 311 g/mol. The smallest absolute Gasteiger partial charge is 0.194 e. The van der Waals surface area contributed by atoms with Crippen LogP contribution in [0.3, 0.4) is 0 Å². The van der Waals surface area contributed by atoms with E-state index in [-0.39, 0.29) is 17.6 Å². The molecule has 1 heterocycles. The Labute approximate surface area is 138 Å². The van der Waals surface area contributed by atoms with E-state index in [0.717, 1.165) is 24.2 Å². The molecule has 2 rings (SSSR count). The fraction of sp³-hybridized carbons (Fsp3) is 0.400. The number of carbonyl (C=O) groups excluding carboxylic acids is 2. The molecular formula is C20H25NO2. The van der Waals surface area contributed by atoms with E-state index in [1.807, 2.05) is 61.7 Å². The number of carbonyl (C=O) groups is 2. The first kappa shape index (κ1) is 17.2. The molecule has 1 aromatic heterocycles. The zero-order valence-electron chi connectivity index (χ0n) is 14.4. The molecule has 1 aromatic carbocycles. The molecule has 2 aromatic rings. The van der Waals surface area contributed by atoms with Crippen molar-refractivity contribution < 1.29 is 9.59 Å². The predicted molar refractivity (Wildman–Crippen MR) is 93.0 cm³/mol. The van der Waals surface area contributed by atoms with Gasteiger partial charge in [0, 0.05) is 28.9 Å². The van der Waals surface area contributed by atoms with Crippen molar-refractivity contribution >= 4 is 11.6 Å². The van der Waals surface area contributed by atoms with Gasteiger partial charge in [0.15, 0.2) is 11.6 Å². The summed E-state index contributed by atoms with van der Waals surface area (Å²) in [5.74, 6) is 0.241. The molecule has 0 N–H and O–H groups in total. The summed E-state index contributed by atoms with van der Waals surface area (Å²) in [5, 5.41) is 0. The number of aromatic nitrogens is 1. The van der Waals surface area contributed by atoms with E-state index in [9.17, 15) is 9.59 Å². The van der Waals surface area contributed by atoms with Crippen LogP contribution in [0, 0.1) is 13.8 Å². The largest absolute Gasteiger partial charge is 0.338 e. The van der Waals surface area contributed by atoms with Gasteiger partial charge < -0.3 is 4.57 Å². The summed E-state index contributed by atoms with van der Waals surface area (Å²) in [6.07, 6.45) is 2.52. The molecule has 0 fully saturated rings. The fourth-order valence-electron chi connectivity index (χ4n) is 3.05. The molecule has 0 aliphatic rings. The predicted octanol–water partition coefficient (Wildman–Crippen LogP) is 4.66. The van der Waals surface area contributed by atoms with Gasteiger partial charge in [0.25, 0.3) is 0 Å². The first-order valence-corrected chi connectivity index (χ1v) is 8.28. The average Bonchev–Trinajstić information content (AvgIpc) is 2.86. The van der Waals surface area contributed by atoms with E-state index in [2.05, 4.69) is 6.92 Å². The van der Waals surface area contributed by atoms with Gasteiger partial charge in [-0.05, 0) is 33.3 Å². The van der Waals surface area contributed by atoms with Gasteiger partial charge in [-0.15, -0.1) is 0 Å². The molecule has 0 bridgehead atoms. The van der Waals surface area contributed by atoms with Crippen molar-refractivity contribution in [1.82, 2.24) is 4.57 Å². The molecule has 1 unspecified atom stereocenters. The van der Waals surface area contributed by atoms with E-state index in [4.69, 9.17) is 0 Å². The molecule has 122 valence electrons. The lowest BCUT2D eigenvalue weighted by Crippen LogP contribution is -2.19. The fourth-order valence-corrected chi connectivity index (χ4v) is 3.05. The second kappa shape index (κ2) is 7.40. The molecule has 0 aliphatic heterocycles. The summed E-state index contributed by atoms with van der Waals surface area (Å²) < 4.78 is 1.99. The summed E-state index contributed by atoms with van der Waals surface area (Å²) >= 11 is 0. The number of Topliss-reactive ketones (excluding diaryl/α,β-unsaturated/α-hetero) is 1. The Bertz CT molecular complexity index is 698. The summed E-state index contributed by atoms with van der Waals surface area (Å²) in [4.78, 5) is 25.0. The lowest BCUT2D eigenvalue weighted by atomic mass is 10.0. The molecule has 23 heavy (non-hydrogen) atoms. The summed E-state index contributed by atoms with van der Waals surface area (Å²) in [7, 11) is 0. The second-order valence-corrected chi connectivity index (χ2v) is 6.10.